The predicted octanol–water partition coefficient (Wildman–Crippen LogP) is 3.39. The summed E-state index contributed by atoms with van der Waals surface area (Å²) in [5.41, 5.74) is 1.70. The number of ether oxygens (including phenoxy) is 3. The molecule has 0 aromatic heterocycles. The number of carboxylic acid groups (broad SMARTS) is 1. The number of hydrogen-bond acceptors (Lipinski definition) is 4. The van der Waals surface area contributed by atoms with Gasteiger partial charge in [0.1, 0.15) is 24.7 Å². The van der Waals surface area contributed by atoms with Crippen LogP contribution in [0.4, 0.5) is 0 Å². The highest BCUT2D eigenvalue weighted by Crippen LogP contribution is 2.27. The number of carbonyl (C=O) groups is 1. The van der Waals surface area contributed by atoms with Crippen LogP contribution < -0.4 is 9.47 Å². The molecule has 0 fully saturated rings. The van der Waals surface area contributed by atoms with Gasteiger partial charge in [-0.2, -0.15) is 0 Å². The van der Waals surface area contributed by atoms with E-state index in [1.807, 2.05) is 30.3 Å². The van der Waals surface area contributed by atoms with Gasteiger partial charge in [-0.3, -0.25) is 0 Å². The standard InChI is InChI=1S/C19H20O5/c1-22-11-12-23-17-9-7-16(8-10-19(20)21)18(13-17)24-14-15-5-3-2-4-6-15/h2-10,13H,11-12,14H2,1H3,(H,20,21). The fourth-order valence-electron chi connectivity index (χ4n) is 2.01. The van der Waals surface area contributed by atoms with Crippen LogP contribution in [0.3, 0.4) is 0 Å². The van der Waals surface area contributed by atoms with Gasteiger partial charge in [-0.1, -0.05) is 30.3 Å². The lowest BCUT2D eigenvalue weighted by Gasteiger charge is -2.12. The zero-order valence-corrected chi connectivity index (χ0v) is 13.5. The van der Waals surface area contributed by atoms with Gasteiger partial charge in [0, 0.05) is 24.8 Å². The Morgan fingerprint density at radius 3 is 2.58 bits per heavy atom. The fourth-order valence-corrected chi connectivity index (χ4v) is 2.01. The zero-order chi connectivity index (χ0) is 17.2. The fraction of sp³-hybridized carbons (Fsp3) is 0.211. The minimum absolute atomic E-state index is 0.385. The summed E-state index contributed by atoms with van der Waals surface area (Å²) >= 11 is 0. The molecule has 2 aromatic carbocycles. The van der Waals surface area contributed by atoms with Crippen molar-refractivity contribution in [1.29, 1.82) is 0 Å². The third-order valence-electron chi connectivity index (χ3n) is 3.18. The highest BCUT2D eigenvalue weighted by molar-refractivity contribution is 5.86. The van der Waals surface area contributed by atoms with Gasteiger partial charge in [0.05, 0.1) is 6.61 Å². The van der Waals surface area contributed by atoms with Gasteiger partial charge < -0.3 is 19.3 Å². The molecule has 5 heteroatoms. The monoisotopic (exact) mass is 328 g/mol. The summed E-state index contributed by atoms with van der Waals surface area (Å²) in [5.74, 6) is 0.193. The number of benzene rings is 2. The van der Waals surface area contributed by atoms with E-state index in [0.29, 0.717) is 36.9 Å². The minimum atomic E-state index is -1.01. The second-order valence-corrected chi connectivity index (χ2v) is 4.99. The van der Waals surface area contributed by atoms with Crippen molar-refractivity contribution in [2.45, 2.75) is 6.61 Å². The van der Waals surface area contributed by atoms with Gasteiger partial charge >= 0.3 is 5.97 Å². The summed E-state index contributed by atoms with van der Waals surface area (Å²) < 4.78 is 16.4. The van der Waals surface area contributed by atoms with Crippen molar-refractivity contribution < 1.29 is 24.1 Å². The molecule has 24 heavy (non-hydrogen) atoms. The van der Waals surface area contributed by atoms with E-state index in [1.165, 1.54) is 6.08 Å². The largest absolute Gasteiger partial charge is 0.491 e. The summed E-state index contributed by atoms with van der Waals surface area (Å²) in [5, 5.41) is 8.81. The molecule has 0 spiro atoms. The van der Waals surface area contributed by atoms with Crippen molar-refractivity contribution in [2.24, 2.45) is 0 Å². The first-order valence-electron chi connectivity index (χ1n) is 7.52. The summed E-state index contributed by atoms with van der Waals surface area (Å²) in [6.45, 7) is 1.30. The molecule has 2 aromatic rings. The second-order valence-electron chi connectivity index (χ2n) is 4.99. The molecule has 0 aliphatic heterocycles. The van der Waals surface area contributed by atoms with Crippen LogP contribution in [0.1, 0.15) is 11.1 Å². The van der Waals surface area contributed by atoms with Crippen LogP contribution in [0, 0.1) is 0 Å². The average molecular weight is 328 g/mol. The first-order chi connectivity index (χ1) is 11.7. The molecule has 0 bridgehead atoms. The second kappa shape index (κ2) is 9.37. The molecule has 126 valence electrons. The Balaban J connectivity index is 2.15. The van der Waals surface area contributed by atoms with Gasteiger partial charge in [-0.15, -0.1) is 0 Å². The van der Waals surface area contributed by atoms with E-state index in [-0.39, 0.29) is 0 Å². The molecule has 0 saturated heterocycles. The normalized spacial score (nSPS) is 10.7. The van der Waals surface area contributed by atoms with Crippen LogP contribution in [0.5, 0.6) is 11.5 Å². The number of methoxy groups -OCH3 is 1. The topological polar surface area (TPSA) is 65.0 Å². The summed E-state index contributed by atoms with van der Waals surface area (Å²) in [6, 6.07) is 15.0. The van der Waals surface area contributed by atoms with E-state index in [4.69, 9.17) is 19.3 Å². The Kier molecular flexibility index (Phi) is 6.86. The van der Waals surface area contributed by atoms with Gasteiger partial charge in [-0.05, 0) is 23.8 Å². The SMILES string of the molecule is COCCOc1ccc(C=CC(=O)O)c(OCc2ccccc2)c1. The van der Waals surface area contributed by atoms with Crippen molar-refractivity contribution in [3.05, 3.63) is 65.7 Å². The van der Waals surface area contributed by atoms with E-state index in [9.17, 15) is 4.79 Å². The highest BCUT2D eigenvalue weighted by atomic mass is 16.5. The lowest BCUT2D eigenvalue weighted by molar-refractivity contribution is -0.131. The van der Waals surface area contributed by atoms with Crippen LogP contribution >= 0.6 is 0 Å². The Hall–Kier alpha value is -2.79. The Labute approximate surface area is 141 Å². The number of hydrogen-bond donors (Lipinski definition) is 1. The molecular weight excluding hydrogens is 308 g/mol. The Morgan fingerprint density at radius 2 is 1.88 bits per heavy atom. The van der Waals surface area contributed by atoms with E-state index in [1.54, 1.807) is 25.3 Å². The molecule has 0 amide bonds. The van der Waals surface area contributed by atoms with Crippen molar-refractivity contribution in [3.63, 3.8) is 0 Å². The lowest BCUT2D eigenvalue weighted by atomic mass is 10.1. The van der Waals surface area contributed by atoms with Gasteiger partial charge in [0.15, 0.2) is 0 Å². The average Bonchev–Trinajstić information content (AvgIpc) is 2.60. The van der Waals surface area contributed by atoms with Crippen molar-refractivity contribution in [3.8, 4) is 11.5 Å². The van der Waals surface area contributed by atoms with Crippen LogP contribution in [-0.2, 0) is 16.1 Å². The lowest BCUT2D eigenvalue weighted by Crippen LogP contribution is -2.05. The number of aliphatic carboxylic acids is 1. The first-order valence-corrected chi connectivity index (χ1v) is 7.52. The smallest absolute Gasteiger partial charge is 0.328 e. The molecule has 0 atom stereocenters. The molecule has 2 rings (SSSR count). The van der Waals surface area contributed by atoms with E-state index in [0.717, 1.165) is 11.6 Å². The van der Waals surface area contributed by atoms with Gasteiger partial charge in [0.2, 0.25) is 0 Å². The molecule has 0 radical (unpaired) electrons. The Morgan fingerprint density at radius 1 is 1.08 bits per heavy atom. The van der Waals surface area contributed by atoms with Crippen molar-refractivity contribution >= 4 is 12.0 Å². The summed E-state index contributed by atoms with van der Waals surface area (Å²) in [6.07, 6.45) is 2.58. The first kappa shape index (κ1) is 17.6. The number of rotatable bonds is 9. The third-order valence-corrected chi connectivity index (χ3v) is 3.18. The molecular formula is C19H20O5. The van der Waals surface area contributed by atoms with Crippen LogP contribution in [0.2, 0.25) is 0 Å². The highest BCUT2D eigenvalue weighted by Gasteiger charge is 2.06. The molecule has 0 heterocycles. The summed E-state index contributed by atoms with van der Waals surface area (Å²) in [7, 11) is 1.61. The molecule has 0 aliphatic carbocycles. The van der Waals surface area contributed by atoms with E-state index in [2.05, 4.69) is 0 Å². The van der Waals surface area contributed by atoms with Crippen molar-refractivity contribution in [1.82, 2.24) is 0 Å². The van der Waals surface area contributed by atoms with E-state index >= 15 is 0 Å². The van der Waals surface area contributed by atoms with Crippen LogP contribution in [-0.4, -0.2) is 31.4 Å². The molecule has 0 aliphatic rings. The van der Waals surface area contributed by atoms with Crippen LogP contribution in [0.25, 0.3) is 6.08 Å². The predicted molar refractivity (Wildman–Crippen MR) is 91.3 cm³/mol. The van der Waals surface area contributed by atoms with Crippen LogP contribution in [0.15, 0.2) is 54.6 Å². The quantitative estimate of drug-likeness (QED) is 0.564. The van der Waals surface area contributed by atoms with Crippen molar-refractivity contribution in [2.75, 3.05) is 20.3 Å². The van der Waals surface area contributed by atoms with Gasteiger partial charge in [0.25, 0.3) is 0 Å². The maximum Gasteiger partial charge on any atom is 0.328 e. The maximum atomic E-state index is 10.7. The Bertz CT molecular complexity index is 679. The molecule has 0 unspecified atom stereocenters. The molecule has 1 N–H and O–H groups in total. The minimum Gasteiger partial charge on any atom is -0.491 e. The summed E-state index contributed by atoms with van der Waals surface area (Å²) in [4.78, 5) is 10.7. The molecule has 5 nitrogen and oxygen atoms in total. The third kappa shape index (κ3) is 5.78. The number of carboxylic acids is 1. The molecule has 0 saturated carbocycles. The zero-order valence-electron chi connectivity index (χ0n) is 13.5. The van der Waals surface area contributed by atoms with E-state index < -0.39 is 5.97 Å². The maximum absolute atomic E-state index is 10.7. The van der Waals surface area contributed by atoms with Gasteiger partial charge in [-0.25, -0.2) is 4.79 Å².